The van der Waals surface area contributed by atoms with Crippen LogP contribution in [0.2, 0.25) is 0 Å². The van der Waals surface area contributed by atoms with Crippen LogP contribution in [0.1, 0.15) is 46.9 Å². The largest absolute Gasteiger partial charge is 0.491 e. The van der Waals surface area contributed by atoms with Gasteiger partial charge < -0.3 is 15.0 Å². The molecule has 1 aromatic carbocycles. The minimum atomic E-state index is -4.72. The number of benzene rings is 1. The van der Waals surface area contributed by atoms with Crippen molar-refractivity contribution in [2.24, 2.45) is 0 Å². The van der Waals surface area contributed by atoms with Crippen LogP contribution in [0.5, 0.6) is 0 Å². The van der Waals surface area contributed by atoms with Crippen molar-refractivity contribution in [3.8, 4) is 0 Å². The van der Waals surface area contributed by atoms with Crippen molar-refractivity contribution < 1.29 is 27.6 Å². The lowest BCUT2D eigenvalue weighted by Crippen LogP contribution is -2.28. The second-order valence-electron chi connectivity index (χ2n) is 6.48. The van der Waals surface area contributed by atoms with Crippen molar-refractivity contribution >= 4 is 24.2 Å². The van der Waals surface area contributed by atoms with Gasteiger partial charge in [0.05, 0.1) is 18.2 Å². The summed E-state index contributed by atoms with van der Waals surface area (Å²) in [5.41, 5.74) is -0.163. The molecule has 1 aliphatic heterocycles. The third kappa shape index (κ3) is 2.99. The SMILES string of the molecule is O=C(Nc1ccc2c(c1)B(O)OC2)c1cn(C2CCC2)nc1C(F)(F)F. The van der Waals surface area contributed by atoms with Crippen LogP contribution >= 0.6 is 0 Å². The van der Waals surface area contributed by atoms with Crippen LogP contribution in [0.15, 0.2) is 24.4 Å². The number of alkyl halides is 3. The molecular formula is C16H15BF3N3O3. The van der Waals surface area contributed by atoms with Crippen molar-refractivity contribution in [1.82, 2.24) is 9.78 Å². The van der Waals surface area contributed by atoms with E-state index in [2.05, 4.69) is 10.4 Å². The molecule has 0 saturated heterocycles. The zero-order chi connectivity index (χ0) is 18.5. The van der Waals surface area contributed by atoms with Gasteiger partial charge in [-0.15, -0.1) is 0 Å². The molecule has 1 fully saturated rings. The van der Waals surface area contributed by atoms with Gasteiger partial charge in [0.1, 0.15) is 0 Å². The third-order valence-corrected chi connectivity index (χ3v) is 4.76. The molecule has 0 unspecified atom stereocenters. The molecule has 0 bridgehead atoms. The molecular weight excluding hydrogens is 350 g/mol. The van der Waals surface area contributed by atoms with Crippen LogP contribution in [-0.2, 0) is 17.4 Å². The van der Waals surface area contributed by atoms with Gasteiger partial charge in [-0.2, -0.15) is 18.3 Å². The molecule has 6 nitrogen and oxygen atoms in total. The Hall–Kier alpha value is -2.33. The van der Waals surface area contributed by atoms with Crippen molar-refractivity contribution in [2.75, 3.05) is 5.32 Å². The summed E-state index contributed by atoms with van der Waals surface area (Å²) in [4.78, 5) is 12.4. The number of carbonyl (C=O) groups excluding carboxylic acids is 1. The summed E-state index contributed by atoms with van der Waals surface area (Å²) in [7, 11) is -1.10. The summed E-state index contributed by atoms with van der Waals surface area (Å²) in [5.74, 6) is -0.892. The molecule has 2 heterocycles. The number of amides is 1. The minimum Gasteiger partial charge on any atom is -0.423 e. The molecule has 2 aliphatic rings. The first-order chi connectivity index (χ1) is 12.3. The predicted octanol–water partition coefficient (Wildman–Crippen LogP) is 2.10. The summed E-state index contributed by atoms with van der Waals surface area (Å²) in [6, 6.07) is 4.62. The van der Waals surface area contributed by atoms with Crippen LogP contribution in [0.25, 0.3) is 0 Å². The summed E-state index contributed by atoms with van der Waals surface area (Å²) in [5, 5.41) is 15.8. The van der Waals surface area contributed by atoms with Gasteiger partial charge in [-0.05, 0) is 42.4 Å². The van der Waals surface area contributed by atoms with Gasteiger partial charge in [0.2, 0.25) is 0 Å². The Morgan fingerprint density at radius 1 is 1.38 bits per heavy atom. The predicted molar refractivity (Wildman–Crippen MR) is 86.9 cm³/mol. The van der Waals surface area contributed by atoms with Crippen LogP contribution in [-0.4, -0.2) is 27.8 Å². The lowest BCUT2D eigenvalue weighted by molar-refractivity contribution is -0.141. The standard InChI is InChI=1S/C16H15BF3N3O3/c18-16(19,20)14-12(7-23(22-14)11-2-1-3-11)15(24)21-10-5-4-9-8-26-17(25)13(9)6-10/h4-7,11,25H,1-3,8H2,(H,21,24). The van der Waals surface area contributed by atoms with Crippen molar-refractivity contribution in [3.63, 3.8) is 0 Å². The molecule has 4 rings (SSSR count). The normalized spacial score (nSPS) is 17.2. The minimum absolute atomic E-state index is 0.0926. The Labute approximate surface area is 147 Å². The average Bonchev–Trinajstić information content (AvgIpc) is 3.10. The fourth-order valence-corrected chi connectivity index (χ4v) is 3.10. The molecule has 26 heavy (non-hydrogen) atoms. The number of fused-ring (bicyclic) bond motifs is 1. The van der Waals surface area contributed by atoms with Gasteiger partial charge in [-0.3, -0.25) is 9.48 Å². The highest BCUT2D eigenvalue weighted by atomic mass is 19.4. The first-order valence-corrected chi connectivity index (χ1v) is 8.23. The highest BCUT2D eigenvalue weighted by Crippen LogP contribution is 2.36. The van der Waals surface area contributed by atoms with E-state index in [-0.39, 0.29) is 18.3 Å². The van der Waals surface area contributed by atoms with E-state index in [0.717, 1.165) is 31.0 Å². The Morgan fingerprint density at radius 2 is 2.15 bits per heavy atom. The Kier molecular flexibility index (Phi) is 4.04. The van der Waals surface area contributed by atoms with Crippen LogP contribution < -0.4 is 10.8 Å². The maximum Gasteiger partial charge on any atom is 0.491 e. The number of anilines is 1. The lowest BCUT2D eigenvalue weighted by Gasteiger charge is -2.25. The number of nitrogens with zero attached hydrogens (tertiary/aromatic N) is 2. The Bertz CT molecular complexity index is 864. The van der Waals surface area contributed by atoms with Gasteiger partial charge in [0.15, 0.2) is 5.69 Å². The number of nitrogens with one attached hydrogen (secondary N) is 1. The smallest absolute Gasteiger partial charge is 0.423 e. The monoisotopic (exact) mass is 365 g/mol. The third-order valence-electron chi connectivity index (χ3n) is 4.76. The number of halogens is 3. The van der Waals surface area contributed by atoms with Crippen molar-refractivity contribution in [2.45, 2.75) is 38.1 Å². The molecule has 10 heteroatoms. The van der Waals surface area contributed by atoms with Gasteiger partial charge in [0, 0.05) is 11.9 Å². The van der Waals surface area contributed by atoms with Gasteiger partial charge in [-0.1, -0.05) is 6.07 Å². The van der Waals surface area contributed by atoms with E-state index in [0.29, 0.717) is 5.46 Å². The summed E-state index contributed by atoms with van der Waals surface area (Å²) >= 11 is 0. The van der Waals surface area contributed by atoms with Gasteiger partial charge >= 0.3 is 13.3 Å². The molecule has 136 valence electrons. The molecule has 0 radical (unpaired) electrons. The summed E-state index contributed by atoms with van der Waals surface area (Å²) in [6.45, 7) is 0.247. The molecule has 1 saturated carbocycles. The lowest BCUT2D eigenvalue weighted by atomic mass is 9.79. The number of hydrogen-bond donors (Lipinski definition) is 2. The van der Waals surface area contributed by atoms with Gasteiger partial charge in [0.25, 0.3) is 5.91 Å². The molecule has 1 amide bonds. The molecule has 0 atom stereocenters. The maximum atomic E-state index is 13.3. The molecule has 1 aliphatic carbocycles. The Morgan fingerprint density at radius 3 is 2.81 bits per heavy atom. The topological polar surface area (TPSA) is 76.4 Å². The second-order valence-corrected chi connectivity index (χ2v) is 6.48. The van der Waals surface area contributed by atoms with Gasteiger partial charge in [-0.25, -0.2) is 0 Å². The van der Waals surface area contributed by atoms with E-state index in [1.807, 2.05) is 0 Å². The molecule has 2 N–H and O–H groups in total. The maximum absolute atomic E-state index is 13.3. The second kappa shape index (κ2) is 6.13. The average molecular weight is 365 g/mol. The highest BCUT2D eigenvalue weighted by molar-refractivity contribution is 6.61. The summed E-state index contributed by atoms with van der Waals surface area (Å²) < 4.78 is 46.1. The number of carbonyl (C=O) groups is 1. The van der Waals surface area contributed by atoms with E-state index < -0.39 is 30.5 Å². The zero-order valence-electron chi connectivity index (χ0n) is 13.6. The molecule has 0 spiro atoms. The Balaban J connectivity index is 1.62. The summed E-state index contributed by atoms with van der Waals surface area (Å²) in [6.07, 6.45) is -1.12. The first kappa shape index (κ1) is 17.1. The number of rotatable bonds is 3. The van der Waals surface area contributed by atoms with E-state index >= 15 is 0 Å². The quantitative estimate of drug-likeness (QED) is 0.817. The van der Waals surface area contributed by atoms with E-state index in [9.17, 15) is 23.0 Å². The van der Waals surface area contributed by atoms with Crippen LogP contribution in [0, 0.1) is 0 Å². The number of hydrogen-bond acceptors (Lipinski definition) is 4. The van der Waals surface area contributed by atoms with Crippen molar-refractivity contribution in [3.05, 3.63) is 41.2 Å². The van der Waals surface area contributed by atoms with E-state index in [1.54, 1.807) is 12.1 Å². The zero-order valence-corrected chi connectivity index (χ0v) is 13.6. The fraction of sp³-hybridized carbons (Fsp3) is 0.375. The van der Waals surface area contributed by atoms with Crippen molar-refractivity contribution in [1.29, 1.82) is 0 Å². The molecule has 1 aromatic heterocycles. The first-order valence-electron chi connectivity index (χ1n) is 8.23. The highest BCUT2D eigenvalue weighted by Gasteiger charge is 2.40. The fourth-order valence-electron chi connectivity index (χ4n) is 3.10. The van der Waals surface area contributed by atoms with Crippen LogP contribution in [0.4, 0.5) is 18.9 Å². The number of aromatic nitrogens is 2. The molecule has 2 aromatic rings. The van der Waals surface area contributed by atoms with E-state index in [4.69, 9.17) is 4.65 Å². The van der Waals surface area contributed by atoms with Crippen LogP contribution in [0.3, 0.4) is 0 Å². The van der Waals surface area contributed by atoms with E-state index in [1.165, 1.54) is 10.7 Å².